The lowest BCUT2D eigenvalue weighted by Crippen LogP contribution is -2.25. The molecule has 0 aliphatic heterocycles. The summed E-state index contributed by atoms with van der Waals surface area (Å²) in [5.74, 6) is 0. The van der Waals surface area contributed by atoms with Crippen LogP contribution in [0.3, 0.4) is 0 Å². The van der Waals surface area contributed by atoms with Gasteiger partial charge in [0.1, 0.15) is 0 Å². The highest BCUT2D eigenvalue weighted by atomic mass is 79.9. The van der Waals surface area contributed by atoms with Crippen LogP contribution in [0.25, 0.3) is 0 Å². The molecule has 1 aromatic carbocycles. The zero-order valence-electron chi connectivity index (χ0n) is 7.87. The Bertz CT molecular complexity index is 317. The number of rotatable bonds is 3. The van der Waals surface area contributed by atoms with Crippen molar-refractivity contribution in [3.05, 3.63) is 32.7 Å². The molecule has 14 heavy (non-hydrogen) atoms. The molecule has 1 rings (SSSR count). The molecule has 4 heteroatoms. The third-order valence-corrected chi connectivity index (χ3v) is 4.04. The smallest absolute Gasteiger partial charge is 0.0730 e. The Morgan fingerprint density at radius 2 is 2.00 bits per heavy atom. The normalized spacial score (nSPS) is 15.2. The summed E-state index contributed by atoms with van der Waals surface area (Å²) in [6.07, 6.45) is 0.178. The van der Waals surface area contributed by atoms with Crippen molar-refractivity contribution in [2.24, 2.45) is 5.73 Å². The van der Waals surface area contributed by atoms with Gasteiger partial charge in [0.2, 0.25) is 0 Å². The first-order valence-corrected chi connectivity index (χ1v) is 6.03. The van der Waals surface area contributed by atoms with Crippen LogP contribution in [0, 0.1) is 0 Å². The summed E-state index contributed by atoms with van der Waals surface area (Å²) in [6.45, 7) is 1.92. The van der Waals surface area contributed by atoms with Gasteiger partial charge in [-0.1, -0.05) is 13.0 Å². The van der Waals surface area contributed by atoms with Crippen molar-refractivity contribution in [2.45, 2.75) is 25.5 Å². The molecule has 0 saturated heterocycles. The van der Waals surface area contributed by atoms with E-state index in [2.05, 4.69) is 31.9 Å². The number of hydrogen-bond acceptors (Lipinski definition) is 2. The van der Waals surface area contributed by atoms with E-state index >= 15 is 0 Å². The predicted molar refractivity (Wildman–Crippen MR) is 65.1 cm³/mol. The largest absolute Gasteiger partial charge is 0.391 e. The van der Waals surface area contributed by atoms with Crippen molar-refractivity contribution in [3.8, 4) is 0 Å². The first-order chi connectivity index (χ1) is 6.56. The predicted octanol–water partition coefficient (Wildman–Crippen LogP) is 2.98. The van der Waals surface area contributed by atoms with Crippen molar-refractivity contribution in [3.63, 3.8) is 0 Å². The molecule has 0 fully saturated rings. The molecule has 1 aromatic rings. The lowest BCUT2D eigenvalue weighted by molar-refractivity contribution is 0.140. The van der Waals surface area contributed by atoms with Crippen LogP contribution in [0.2, 0.25) is 0 Å². The van der Waals surface area contributed by atoms with E-state index in [-0.39, 0.29) is 6.04 Å². The van der Waals surface area contributed by atoms with E-state index in [0.29, 0.717) is 6.42 Å². The maximum absolute atomic E-state index is 9.59. The molecule has 78 valence electrons. The Morgan fingerprint density at radius 3 is 2.50 bits per heavy atom. The third-order valence-electron chi connectivity index (χ3n) is 2.16. The summed E-state index contributed by atoms with van der Waals surface area (Å²) in [5.41, 5.74) is 6.82. The van der Waals surface area contributed by atoms with Gasteiger partial charge in [-0.05, 0) is 56.0 Å². The molecule has 0 aromatic heterocycles. The number of halogens is 2. The number of aliphatic hydroxyl groups excluding tert-OH is 1. The molecule has 2 atom stereocenters. The molecule has 0 amide bonds. The summed E-state index contributed by atoms with van der Waals surface area (Å²) in [7, 11) is 0. The summed E-state index contributed by atoms with van der Waals surface area (Å²) < 4.78 is 1.94. The van der Waals surface area contributed by atoms with Crippen molar-refractivity contribution >= 4 is 31.9 Å². The molecule has 0 heterocycles. The van der Waals surface area contributed by atoms with E-state index in [1.807, 2.05) is 25.1 Å². The second-order valence-electron chi connectivity index (χ2n) is 3.17. The number of hydrogen-bond donors (Lipinski definition) is 2. The summed E-state index contributed by atoms with van der Waals surface area (Å²) in [4.78, 5) is 0. The van der Waals surface area contributed by atoms with Crippen LogP contribution in [0.5, 0.6) is 0 Å². The second kappa shape index (κ2) is 5.26. The molecule has 0 spiro atoms. The van der Waals surface area contributed by atoms with Crippen LogP contribution in [0.4, 0.5) is 0 Å². The second-order valence-corrected chi connectivity index (χ2v) is 4.88. The van der Waals surface area contributed by atoms with Gasteiger partial charge < -0.3 is 10.8 Å². The number of nitrogens with two attached hydrogens (primary N) is 1. The molecule has 0 aliphatic rings. The highest BCUT2D eigenvalue weighted by molar-refractivity contribution is 9.13. The quantitative estimate of drug-likeness (QED) is 0.898. The fourth-order valence-corrected chi connectivity index (χ4v) is 1.84. The molecule has 0 radical (unpaired) electrons. The van der Waals surface area contributed by atoms with Crippen LogP contribution >= 0.6 is 31.9 Å². The van der Waals surface area contributed by atoms with Crippen LogP contribution < -0.4 is 5.73 Å². The van der Waals surface area contributed by atoms with Gasteiger partial charge in [-0.3, -0.25) is 0 Å². The molecular weight excluding hydrogens is 310 g/mol. The Balaban J connectivity index is 2.91. The van der Waals surface area contributed by atoms with Crippen LogP contribution in [0.1, 0.15) is 24.9 Å². The Hall–Kier alpha value is 0.1000. The molecule has 0 aliphatic carbocycles. The first kappa shape index (κ1) is 12.2. The van der Waals surface area contributed by atoms with Crippen LogP contribution in [0.15, 0.2) is 27.1 Å². The fourth-order valence-electron chi connectivity index (χ4n) is 1.20. The SMILES string of the molecule is CCC(O)C(N)c1ccc(Br)c(Br)c1. The van der Waals surface area contributed by atoms with Crippen LogP contribution in [-0.4, -0.2) is 11.2 Å². The van der Waals surface area contributed by atoms with Crippen molar-refractivity contribution in [1.29, 1.82) is 0 Å². The van der Waals surface area contributed by atoms with E-state index in [9.17, 15) is 5.11 Å². The monoisotopic (exact) mass is 321 g/mol. The van der Waals surface area contributed by atoms with E-state index in [4.69, 9.17) is 5.73 Å². The number of benzene rings is 1. The number of aliphatic hydroxyl groups is 1. The summed E-state index contributed by atoms with van der Waals surface area (Å²) in [6, 6.07) is 5.44. The van der Waals surface area contributed by atoms with Gasteiger partial charge in [-0.2, -0.15) is 0 Å². The molecule has 0 saturated carbocycles. The van der Waals surface area contributed by atoms with Crippen LogP contribution in [-0.2, 0) is 0 Å². The standard InChI is InChI=1S/C10H13Br2NO/c1-2-9(14)10(13)6-3-4-7(11)8(12)5-6/h3-5,9-10,14H,2,13H2,1H3. The molecule has 0 bridgehead atoms. The van der Waals surface area contributed by atoms with E-state index in [1.165, 1.54) is 0 Å². The minimum absolute atomic E-state index is 0.315. The summed E-state index contributed by atoms with van der Waals surface area (Å²) >= 11 is 6.78. The Labute approximate surface area is 101 Å². The van der Waals surface area contributed by atoms with E-state index in [1.54, 1.807) is 0 Å². The maximum Gasteiger partial charge on any atom is 0.0730 e. The average Bonchev–Trinajstić information content (AvgIpc) is 2.20. The van der Waals surface area contributed by atoms with Gasteiger partial charge in [-0.15, -0.1) is 0 Å². The third kappa shape index (κ3) is 2.79. The summed E-state index contributed by atoms with van der Waals surface area (Å²) in [5, 5.41) is 9.59. The topological polar surface area (TPSA) is 46.2 Å². The maximum atomic E-state index is 9.59. The highest BCUT2D eigenvalue weighted by Gasteiger charge is 2.15. The zero-order chi connectivity index (χ0) is 10.7. The first-order valence-electron chi connectivity index (χ1n) is 4.44. The van der Waals surface area contributed by atoms with Gasteiger partial charge in [-0.25, -0.2) is 0 Å². The van der Waals surface area contributed by atoms with Gasteiger partial charge in [0.15, 0.2) is 0 Å². The minimum atomic E-state index is -0.483. The van der Waals surface area contributed by atoms with Crippen molar-refractivity contribution < 1.29 is 5.11 Å². The molecule has 2 nitrogen and oxygen atoms in total. The Kier molecular flexibility index (Phi) is 4.57. The fraction of sp³-hybridized carbons (Fsp3) is 0.400. The molecule has 3 N–H and O–H groups in total. The average molecular weight is 323 g/mol. The minimum Gasteiger partial charge on any atom is -0.391 e. The van der Waals surface area contributed by atoms with Gasteiger partial charge in [0.25, 0.3) is 0 Å². The van der Waals surface area contributed by atoms with Crippen molar-refractivity contribution in [1.82, 2.24) is 0 Å². The van der Waals surface area contributed by atoms with Gasteiger partial charge in [0, 0.05) is 8.95 Å². The van der Waals surface area contributed by atoms with E-state index in [0.717, 1.165) is 14.5 Å². The lowest BCUT2D eigenvalue weighted by atomic mass is 10.0. The van der Waals surface area contributed by atoms with Gasteiger partial charge >= 0.3 is 0 Å². The lowest BCUT2D eigenvalue weighted by Gasteiger charge is -2.18. The van der Waals surface area contributed by atoms with Crippen molar-refractivity contribution in [2.75, 3.05) is 0 Å². The molecular formula is C10H13Br2NO. The Morgan fingerprint density at radius 1 is 1.36 bits per heavy atom. The van der Waals surface area contributed by atoms with Gasteiger partial charge in [0.05, 0.1) is 12.1 Å². The van der Waals surface area contributed by atoms with E-state index < -0.39 is 6.10 Å². The highest BCUT2D eigenvalue weighted by Crippen LogP contribution is 2.27. The molecule has 2 unspecified atom stereocenters. The zero-order valence-corrected chi connectivity index (χ0v) is 11.0.